The predicted octanol–water partition coefficient (Wildman–Crippen LogP) is 6.31. The lowest BCUT2D eigenvalue weighted by Crippen LogP contribution is -1.94. The van der Waals surface area contributed by atoms with Crippen LogP contribution < -0.4 is 5.32 Å². The number of nitrogens with one attached hydrogen (secondary N) is 2. The number of benzene rings is 2. The lowest BCUT2D eigenvalue weighted by Gasteiger charge is -2.06. The van der Waals surface area contributed by atoms with Crippen molar-refractivity contribution >= 4 is 55.7 Å². The van der Waals surface area contributed by atoms with Crippen LogP contribution in [-0.4, -0.2) is 21.2 Å². The maximum Gasteiger partial charge on any atom is 0.151 e. The Balaban J connectivity index is 1.53. The zero-order chi connectivity index (χ0) is 18.2. The van der Waals surface area contributed by atoms with Gasteiger partial charge in [-0.25, -0.2) is 9.97 Å². The third-order valence-corrected chi connectivity index (χ3v) is 6.43. The number of H-pyrrole nitrogens is 1. The first kappa shape index (κ1) is 16.4. The third kappa shape index (κ3) is 3.07. The quantitative estimate of drug-likeness (QED) is 0.355. The molecule has 0 fully saturated rings. The summed E-state index contributed by atoms with van der Waals surface area (Å²) < 4.78 is 1.07. The number of hydrogen-bond donors (Lipinski definition) is 2. The molecule has 0 spiro atoms. The second-order valence-corrected chi connectivity index (χ2v) is 8.11. The smallest absolute Gasteiger partial charge is 0.151 e. The van der Waals surface area contributed by atoms with Gasteiger partial charge in [0.1, 0.15) is 6.33 Å². The molecule has 0 aliphatic carbocycles. The highest BCUT2D eigenvalue weighted by Crippen LogP contribution is 2.37. The molecular formula is C21H16N4S2. The van der Waals surface area contributed by atoms with Crippen molar-refractivity contribution < 1.29 is 0 Å². The number of rotatable bonds is 4. The summed E-state index contributed by atoms with van der Waals surface area (Å²) >= 11 is 3.47. The van der Waals surface area contributed by atoms with E-state index >= 15 is 0 Å². The van der Waals surface area contributed by atoms with Gasteiger partial charge in [0.25, 0.3) is 0 Å². The molecule has 132 valence electrons. The van der Waals surface area contributed by atoms with E-state index in [0.717, 1.165) is 27.2 Å². The van der Waals surface area contributed by atoms with E-state index in [1.54, 1.807) is 29.4 Å². The van der Waals surface area contributed by atoms with Crippen LogP contribution in [-0.2, 0) is 0 Å². The number of thioether (sulfide) groups is 1. The molecule has 3 heterocycles. The summed E-state index contributed by atoms with van der Waals surface area (Å²) in [5.74, 6) is 0.840. The van der Waals surface area contributed by atoms with Crippen molar-refractivity contribution in [3.8, 4) is 10.4 Å². The molecule has 0 atom stereocenters. The highest BCUT2D eigenvalue weighted by atomic mass is 32.2. The van der Waals surface area contributed by atoms with Crippen LogP contribution in [0.3, 0.4) is 0 Å². The van der Waals surface area contributed by atoms with Crippen LogP contribution >= 0.6 is 23.1 Å². The Morgan fingerprint density at radius 2 is 1.89 bits per heavy atom. The lowest BCUT2D eigenvalue weighted by molar-refractivity contribution is 1.23. The van der Waals surface area contributed by atoms with E-state index in [0.29, 0.717) is 0 Å². The summed E-state index contributed by atoms with van der Waals surface area (Å²) in [6, 6.07) is 19.1. The summed E-state index contributed by atoms with van der Waals surface area (Å²) in [4.78, 5) is 14.6. The zero-order valence-electron chi connectivity index (χ0n) is 14.6. The van der Waals surface area contributed by atoms with Gasteiger partial charge in [-0.15, -0.1) is 23.1 Å². The maximum atomic E-state index is 4.48. The molecule has 0 amide bonds. The van der Waals surface area contributed by atoms with Crippen LogP contribution in [0.15, 0.2) is 72.0 Å². The Morgan fingerprint density at radius 1 is 1.00 bits per heavy atom. The van der Waals surface area contributed by atoms with Gasteiger partial charge in [-0.05, 0) is 54.3 Å². The molecule has 0 radical (unpaired) electrons. The van der Waals surface area contributed by atoms with Gasteiger partial charge in [-0.3, -0.25) is 0 Å². The molecule has 4 nitrogen and oxygen atoms in total. The van der Waals surface area contributed by atoms with Crippen LogP contribution in [0.4, 0.5) is 11.5 Å². The van der Waals surface area contributed by atoms with Gasteiger partial charge in [0.2, 0.25) is 0 Å². The molecule has 0 aliphatic heterocycles. The monoisotopic (exact) mass is 388 g/mol. The Morgan fingerprint density at radius 3 is 2.74 bits per heavy atom. The fourth-order valence-electron chi connectivity index (χ4n) is 3.11. The minimum atomic E-state index is 0.840. The molecule has 0 bridgehead atoms. The van der Waals surface area contributed by atoms with E-state index < -0.39 is 0 Å². The second-order valence-electron chi connectivity index (χ2n) is 6.18. The number of fused-ring (bicyclic) bond motifs is 2. The molecule has 0 saturated heterocycles. The molecule has 2 aromatic carbocycles. The Bertz CT molecular complexity index is 1240. The Labute approximate surface area is 164 Å². The Kier molecular flexibility index (Phi) is 4.07. The summed E-state index contributed by atoms with van der Waals surface area (Å²) in [5, 5.41) is 4.63. The SMILES string of the molecule is CSc1ccc(-c2cc3ncnc(Nc4ccc5[nH]ccc5c4)c3s2)cc1. The number of anilines is 2. The van der Waals surface area contributed by atoms with E-state index in [4.69, 9.17) is 0 Å². The van der Waals surface area contributed by atoms with Crippen LogP contribution in [0.2, 0.25) is 0 Å². The Hall–Kier alpha value is -2.83. The first-order valence-electron chi connectivity index (χ1n) is 8.53. The summed E-state index contributed by atoms with van der Waals surface area (Å²) in [6.45, 7) is 0. The molecule has 6 heteroatoms. The van der Waals surface area contributed by atoms with E-state index in [1.165, 1.54) is 20.7 Å². The fourth-order valence-corrected chi connectivity index (χ4v) is 4.58. The number of aromatic amines is 1. The van der Waals surface area contributed by atoms with Crippen molar-refractivity contribution in [2.75, 3.05) is 11.6 Å². The summed E-state index contributed by atoms with van der Waals surface area (Å²) in [7, 11) is 0. The van der Waals surface area contributed by atoms with Gasteiger partial charge in [0.05, 0.1) is 10.2 Å². The average molecular weight is 389 g/mol. The van der Waals surface area contributed by atoms with Crippen molar-refractivity contribution in [3.05, 3.63) is 67.1 Å². The third-order valence-electron chi connectivity index (χ3n) is 4.50. The van der Waals surface area contributed by atoms with Gasteiger partial charge in [-0.2, -0.15) is 0 Å². The van der Waals surface area contributed by atoms with E-state index in [9.17, 15) is 0 Å². The second kappa shape index (κ2) is 6.72. The van der Waals surface area contributed by atoms with E-state index in [-0.39, 0.29) is 0 Å². The van der Waals surface area contributed by atoms with Crippen molar-refractivity contribution in [1.82, 2.24) is 15.0 Å². The first-order chi connectivity index (χ1) is 13.3. The highest BCUT2D eigenvalue weighted by Gasteiger charge is 2.11. The van der Waals surface area contributed by atoms with Gasteiger partial charge in [0.15, 0.2) is 5.82 Å². The standard InChI is InChI=1S/C21H16N4S2/c1-26-16-5-2-13(3-6-16)19-11-18-20(27-19)21(24-12-23-18)25-15-4-7-17-14(10-15)8-9-22-17/h2-12,22H,1H3,(H,23,24,25). The zero-order valence-corrected chi connectivity index (χ0v) is 16.2. The normalized spacial score (nSPS) is 11.3. The fraction of sp³-hybridized carbons (Fsp3) is 0.0476. The summed E-state index contributed by atoms with van der Waals surface area (Å²) in [5.41, 5.74) is 4.31. The molecule has 27 heavy (non-hydrogen) atoms. The molecule has 5 rings (SSSR count). The topological polar surface area (TPSA) is 53.6 Å². The minimum absolute atomic E-state index is 0.840. The van der Waals surface area contributed by atoms with Gasteiger partial charge < -0.3 is 10.3 Å². The van der Waals surface area contributed by atoms with E-state index in [2.05, 4.69) is 81.1 Å². The van der Waals surface area contributed by atoms with Crippen LogP contribution in [0.25, 0.3) is 31.6 Å². The summed E-state index contributed by atoms with van der Waals surface area (Å²) in [6.07, 6.45) is 5.66. The number of aromatic nitrogens is 3. The first-order valence-corrected chi connectivity index (χ1v) is 10.6. The maximum absolute atomic E-state index is 4.48. The van der Waals surface area contributed by atoms with Crippen LogP contribution in [0.1, 0.15) is 0 Å². The van der Waals surface area contributed by atoms with Crippen molar-refractivity contribution in [3.63, 3.8) is 0 Å². The number of nitrogens with zero attached hydrogens (tertiary/aromatic N) is 2. The predicted molar refractivity (Wildman–Crippen MR) is 116 cm³/mol. The molecule has 0 saturated carbocycles. The number of hydrogen-bond acceptors (Lipinski definition) is 5. The van der Waals surface area contributed by atoms with E-state index in [1.807, 2.05) is 6.20 Å². The average Bonchev–Trinajstić information content (AvgIpc) is 3.35. The van der Waals surface area contributed by atoms with Crippen molar-refractivity contribution in [2.24, 2.45) is 0 Å². The highest BCUT2D eigenvalue weighted by molar-refractivity contribution is 7.98. The van der Waals surface area contributed by atoms with Gasteiger partial charge >= 0.3 is 0 Å². The van der Waals surface area contributed by atoms with Crippen LogP contribution in [0.5, 0.6) is 0 Å². The largest absolute Gasteiger partial charge is 0.361 e. The molecule has 2 N–H and O–H groups in total. The van der Waals surface area contributed by atoms with Gasteiger partial charge in [-0.1, -0.05) is 12.1 Å². The van der Waals surface area contributed by atoms with Crippen molar-refractivity contribution in [1.29, 1.82) is 0 Å². The van der Waals surface area contributed by atoms with Gasteiger partial charge in [0, 0.05) is 32.6 Å². The molecule has 0 aliphatic rings. The molecule has 0 unspecified atom stereocenters. The molecule has 3 aromatic heterocycles. The minimum Gasteiger partial charge on any atom is -0.361 e. The number of thiophene rings is 1. The van der Waals surface area contributed by atoms with Crippen molar-refractivity contribution in [2.45, 2.75) is 4.90 Å². The lowest BCUT2D eigenvalue weighted by atomic mass is 10.2. The molecule has 5 aromatic rings. The molecular weight excluding hydrogens is 372 g/mol. The van der Waals surface area contributed by atoms with Crippen LogP contribution in [0, 0.1) is 0 Å².